The lowest BCUT2D eigenvalue weighted by Gasteiger charge is -2.11. The van der Waals surface area contributed by atoms with Crippen LogP contribution < -0.4 is 16.0 Å². The normalized spacial score (nSPS) is 11.5. The fourth-order valence-electron chi connectivity index (χ4n) is 1.60. The Kier molecular flexibility index (Phi) is 10.1. The highest BCUT2D eigenvalue weighted by atomic mass is 16.4. The fraction of sp³-hybridized carbons (Fsp3) is 0.769. The molecule has 0 saturated carbocycles. The molecular weight excluding hydrogens is 262 g/mol. The smallest absolute Gasteiger partial charge is 0.314 e. The highest BCUT2D eigenvalue weighted by Gasteiger charge is 2.10. The first-order valence-corrected chi connectivity index (χ1v) is 6.98. The molecule has 0 fully saturated rings. The van der Waals surface area contributed by atoms with Crippen LogP contribution in [0.15, 0.2) is 0 Å². The summed E-state index contributed by atoms with van der Waals surface area (Å²) in [6.45, 7) is 4.95. The molecule has 0 aliphatic rings. The van der Waals surface area contributed by atoms with E-state index < -0.39 is 5.97 Å². The molecule has 0 aliphatic heterocycles. The van der Waals surface area contributed by atoms with Crippen molar-refractivity contribution in [1.82, 2.24) is 16.0 Å². The molecule has 7 nitrogen and oxygen atoms in total. The molecule has 0 rings (SSSR count). The van der Waals surface area contributed by atoms with Crippen LogP contribution in [0.2, 0.25) is 0 Å². The number of hydrogen-bond donors (Lipinski definition) is 4. The quantitative estimate of drug-likeness (QED) is 0.444. The van der Waals surface area contributed by atoms with Crippen molar-refractivity contribution in [3.8, 4) is 0 Å². The number of amides is 3. The Balaban J connectivity index is 3.52. The molecule has 0 heterocycles. The molecule has 0 radical (unpaired) electrons. The van der Waals surface area contributed by atoms with Crippen LogP contribution >= 0.6 is 0 Å². The van der Waals surface area contributed by atoms with Crippen LogP contribution in [0.5, 0.6) is 0 Å². The minimum Gasteiger partial charge on any atom is -0.481 e. The van der Waals surface area contributed by atoms with E-state index in [-0.39, 0.29) is 24.3 Å². The fourth-order valence-corrected chi connectivity index (χ4v) is 1.60. The van der Waals surface area contributed by atoms with Gasteiger partial charge in [-0.05, 0) is 12.8 Å². The molecule has 1 unspecified atom stereocenters. The molecule has 3 amide bonds. The summed E-state index contributed by atoms with van der Waals surface area (Å²) < 4.78 is 0. The van der Waals surface area contributed by atoms with Gasteiger partial charge < -0.3 is 21.1 Å². The maximum absolute atomic E-state index is 11.6. The summed E-state index contributed by atoms with van der Waals surface area (Å²) in [5.74, 6) is -0.892. The zero-order valence-electron chi connectivity index (χ0n) is 12.2. The second-order valence-electron chi connectivity index (χ2n) is 4.66. The molecule has 0 aromatic heterocycles. The van der Waals surface area contributed by atoms with Crippen LogP contribution in [0.1, 0.15) is 39.5 Å². The van der Waals surface area contributed by atoms with E-state index in [2.05, 4.69) is 16.0 Å². The SMILES string of the molecule is CCCC(C)C(=O)NCCNC(=O)NCCCC(=O)O. The number of hydrogen-bond acceptors (Lipinski definition) is 3. The Morgan fingerprint density at radius 3 is 2.25 bits per heavy atom. The minimum absolute atomic E-state index is 0.00415. The minimum atomic E-state index is -0.879. The molecule has 20 heavy (non-hydrogen) atoms. The average Bonchev–Trinajstić information content (AvgIpc) is 2.39. The number of urea groups is 1. The molecule has 0 saturated heterocycles. The summed E-state index contributed by atoms with van der Waals surface area (Å²) in [6, 6.07) is -0.355. The standard InChI is InChI=1S/C13H25N3O4/c1-3-5-10(2)12(19)14-8-9-16-13(20)15-7-4-6-11(17)18/h10H,3-9H2,1-2H3,(H,14,19)(H,17,18)(H2,15,16,20). The summed E-state index contributed by atoms with van der Waals surface area (Å²) in [5.41, 5.74) is 0. The lowest BCUT2D eigenvalue weighted by Crippen LogP contribution is -2.41. The maximum atomic E-state index is 11.6. The Bertz CT molecular complexity index is 321. The number of carboxylic acids is 1. The molecule has 1 atom stereocenters. The summed E-state index contributed by atoms with van der Waals surface area (Å²) in [4.78, 5) is 33.1. The Hall–Kier alpha value is -1.79. The van der Waals surface area contributed by atoms with Gasteiger partial charge in [0.1, 0.15) is 0 Å². The molecule has 7 heteroatoms. The van der Waals surface area contributed by atoms with Crippen molar-refractivity contribution in [2.75, 3.05) is 19.6 Å². The molecule has 0 spiro atoms. The lowest BCUT2D eigenvalue weighted by molar-refractivity contribution is -0.137. The molecule has 0 aliphatic carbocycles. The number of carbonyl (C=O) groups is 3. The zero-order chi connectivity index (χ0) is 15.4. The lowest BCUT2D eigenvalue weighted by atomic mass is 10.1. The van der Waals surface area contributed by atoms with E-state index >= 15 is 0 Å². The third-order valence-corrected chi connectivity index (χ3v) is 2.73. The van der Waals surface area contributed by atoms with Gasteiger partial charge in [-0.2, -0.15) is 0 Å². The van der Waals surface area contributed by atoms with Crippen LogP contribution in [0.25, 0.3) is 0 Å². The van der Waals surface area contributed by atoms with Gasteiger partial charge in [0, 0.05) is 32.0 Å². The van der Waals surface area contributed by atoms with Crippen LogP contribution in [-0.2, 0) is 9.59 Å². The van der Waals surface area contributed by atoms with Crippen LogP contribution in [0.3, 0.4) is 0 Å². The molecule has 0 aromatic carbocycles. The van der Waals surface area contributed by atoms with Crippen molar-refractivity contribution in [1.29, 1.82) is 0 Å². The average molecular weight is 287 g/mol. The number of carbonyl (C=O) groups excluding carboxylic acids is 2. The van der Waals surface area contributed by atoms with Gasteiger partial charge >= 0.3 is 12.0 Å². The van der Waals surface area contributed by atoms with E-state index in [1.165, 1.54) is 0 Å². The summed E-state index contributed by atoms with van der Waals surface area (Å²) in [7, 11) is 0. The third kappa shape index (κ3) is 10.2. The van der Waals surface area contributed by atoms with Crippen molar-refractivity contribution < 1.29 is 19.5 Å². The van der Waals surface area contributed by atoms with E-state index in [0.717, 1.165) is 12.8 Å². The maximum Gasteiger partial charge on any atom is 0.314 e. The molecular formula is C13H25N3O4. The van der Waals surface area contributed by atoms with Crippen LogP contribution in [-0.4, -0.2) is 42.6 Å². The van der Waals surface area contributed by atoms with Crippen molar-refractivity contribution in [2.45, 2.75) is 39.5 Å². The third-order valence-electron chi connectivity index (χ3n) is 2.73. The largest absolute Gasteiger partial charge is 0.481 e. The van der Waals surface area contributed by atoms with Crippen molar-refractivity contribution in [2.24, 2.45) is 5.92 Å². The molecule has 4 N–H and O–H groups in total. The predicted molar refractivity (Wildman–Crippen MR) is 75.4 cm³/mol. The van der Waals surface area contributed by atoms with Crippen molar-refractivity contribution in [3.05, 3.63) is 0 Å². The van der Waals surface area contributed by atoms with Crippen molar-refractivity contribution in [3.63, 3.8) is 0 Å². The van der Waals surface area contributed by atoms with Crippen LogP contribution in [0.4, 0.5) is 4.79 Å². The zero-order valence-corrected chi connectivity index (χ0v) is 12.2. The van der Waals surface area contributed by atoms with E-state index in [1.807, 2.05) is 13.8 Å². The van der Waals surface area contributed by atoms with Gasteiger partial charge in [-0.1, -0.05) is 20.3 Å². The van der Waals surface area contributed by atoms with Crippen LogP contribution in [0, 0.1) is 5.92 Å². The van der Waals surface area contributed by atoms with Gasteiger partial charge in [0.25, 0.3) is 0 Å². The first-order valence-electron chi connectivity index (χ1n) is 6.98. The van der Waals surface area contributed by atoms with E-state index in [1.54, 1.807) is 0 Å². The van der Waals surface area contributed by atoms with E-state index in [4.69, 9.17) is 5.11 Å². The van der Waals surface area contributed by atoms with Gasteiger partial charge in [0.05, 0.1) is 0 Å². The first kappa shape index (κ1) is 18.2. The number of aliphatic carboxylic acids is 1. The summed E-state index contributed by atoms with van der Waals surface area (Å²) in [6.07, 6.45) is 2.24. The number of rotatable bonds is 10. The molecule has 0 aromatic rings. The Morgan fingerprint density at radius 2 is 1.65 bits per heavy atom. The van der Waals surface area contributed by atoms with Gasteiger partial charge in [0.2, 0.25) is 5.91 Å². The van der Waals surface area contributed by atoms with Crippen molar-refractivity contribution >= 4 is 17.9 Å². The predicted octanol–water partition coefficient (Wildman–Crippen LogP) is 0.703. The topological polar surface area (TPSA) is 108 Å². The van der Waals surface area contributed by atoms with Gasteiger partial charge in [0.15, 0.2) is 0 Å². The molecule has 116 valence electrons. The molecule has 0 bridgehead atoms. The van der Waals surface area contributed by atoms with Gasteiger partial charge in [-0.25, -0.2) is 4.79 Å². The number of carboxylic acid groups (broad SMARTS) is 1. The number of nitrogens with one attached hydrogen (secondary N) is 3. The summed E-state index contributed by atoms with van der Waals surface area (Å²) in [5, 5.41) is 16.3. The summed E-state index contributed by atoms with van der Waals surface area (Å²) >= 11 is 0. The monoisotopic (exact) mass is 287 g/mol. The van der Waals surface area contributed by atoms with Gasteiger partial charge in [-0.15, -0.1) is 0 Å². The second-order valence-corrected chi connectivity index (χ2v) is 4.66. The highest BCUT2D eigenvalue weighted by Crippen LogP contribution is 2.03. The Labute approximate surface area is 119 Å². The highest BCUT2D eigenvalue weighted by molar-refractivity contribution is 5.78. The first-order chi connectivity index (χ1) is 9.47. The Morgan fingerprint density at radius 1 is 1.05 bits per heavy atom. The van der Waals surface area contributed by atoms with E-state index in [0.29, 0.717) is 26.1 Å². The van der Waals surface area contributed by atoms with E-state index in [9.17, 15) is 14.4 Å². The second kappa shape index (κ2) is 11.1. The van der Waals surface area contributed by atoms with Gasteiger partial charge in [-0.3, -0.25) is 9.59 Å².